The topological polar surface area (TPSA) is 66.9 Å². The molecule has 26 heavy (non-hydrogen) atoms. The molecule has 6 heteroatoms. The van der Waals surface area contributed by atoms with E-state index in [1.165, 1.54) is 0 Å². The van der Waals surface area contributed by atoms with Crippen LogP contribution in [0.5, 0.6) is 0 Å². The fraction of sp³-hybridized carbons (Fsp3) is 0.550. The lowest BCUT2D eigenvalue weighted by Crippen LogP contribution is -2.45. The number of carbonyl (C=O) groups excluding carboxylic acids is 3. The Labute approximate surface area is 154 Å². The molecule has 0 radical (unpaired) electrons. The number of aryl methyl sites for hydroxylation is 1. The normalized spacial score (nSPS) is 23.2. The van der Waals surface area contributed by atoms with Gasteiger partial charge in [0.15, 0.2) is 0 Å². The van der Waals surface area contributed by atoms with Crippen LogP contribution in [0.15, 0.2) is 24.3 Å². The maximum atomic E-state index is 12.9. The van der Waals surface area contributed by atoms with Gasteiger partial charge in [0.25, 0.3) is 0 Å². The molecule has 2 atom stereocenters. The van der Waals surface area contributed by atoms with Gasteiger partial charge in [-0.1, -0.05) is 18.2 Å². The zero-order valence-electron chi connectivity index (χ0n) is 15.4. The second-order valence-corrected chi connectivity index (χ2v) is 7.07. The number of hydrogen-bond donors (Lipinski definition) is 0. The van der Waals surface area contributed by atoms with Crippen LogP contribution in [0.4, 0.5) is 5.69 Å². The van der Waals surface area contributed by atoms with Crippen molar-refractivity contribution in [1.29, 1.82) is 0 Å². The van der Waals surface area contributed by atoms with Crippen molar-refractivity contribution in [2.24, 2.45) is 11.8 Å². The summed E-state index contributed by atoms with van der Waals surface area (Å²) in [6.07, 6.45) is 1.77. The highest BCUT2D eigenvalue weighted by atomic mass is 16.5. The number of ether oxygens (including phenoxy) is 1. The van der Waals surface area contributed by atoms with Gasteiger partial charge in [-0.15, -0.1) is 0 Å². The summed E-state index contributed by atoms with van der Waals surface area (Å²) in [5, 5.41) is 0. The van der Waals surface area contributed by atoms with Gasteiger partial charge in [-0.3, -0.25) is 14.4 Å². The van der Waals surface area contributed by atoms with Crippen molar-refractivity contribution < 1.29 is 19.1 Å². The molecule has 2 heterocycles. The molecule has 0 N–H and O–H groups in total. The molecule has 0 spiro atoms. The fourth-order valence-corrected chi connectivity index (χ4v) is 3.86. The van der Waals surface area contributed by atoms with Crippen LogP contribution in [-0.2, 0) is 19.1 Å². The third kappa shape index (κ3) is 3.74. The zero-order valence-corrected chi connectivity index (χ0v) is 15.4. The van der Waals surface area contributed by atoms with Crippen LogP contribution >= 0.6 is 0 Å². The molecule has 1 aromatic carbocycles. The standard InChI is InChI=1S/C20H26N2O4/c1-3-26-20(25)15-8-6-10-21(12-15)19(24)16-11-18(23)22(13-16)17-9-5-4-7-14(17)2/h4-5,7,9,15-16H,3,6,8,10-13H2,1-2H3/t15-,16+/m0/s1. The van der Waals surface area contributed by atoms with Crippen molar-refractivity contribution >= 4 is 23.5 Å². The summed E-state index contributed by atoms with van der Waals surface area (Å²) < 4.78 is 5.10. The van der Waals surface area contributed by atoms with Gasteiger partial charge in [0.2, 0.25) is 11.8 Å². The Morgan fingerprint density at radius 2 is 1.96 bits per heavy atom. The van der Waals surface area contributed by atoms with E-state index >= 15 is 0 Å². The Balaban J connectivity index is 1.66. The van der Waals surface area contributed by atoms with Crippen LogP contribution in [0.25, 0.3) is 0 Å². The Morgan fingerprint density at radius 1 is 1.19 bits per heavy atom. The lowest BCUT2D eigenvalue weighted by Gasteiger charge is -2.33. The largest absolute Gasteiger partial charge is 0.466 e. The van der Waals surface area contributed by atoms with Crippen LogP contribution in [0.2, 0.25) is 0 Å². The average molecular weight is 358 g/mol. The number of esters is 1. The highest BCUT2D eigenvalue weighted by Gasteiger charge is 2.39. The number of rotatable bonds is 4. The first-order valence-corrected chi connectivity index (χ1v) is 9.32. The van der Waals surface area contributed by atoms with Gasteiger partial charge >= 0.3 is 5.97 Å². The first-order chi connectivity index (χ1) is 12.5. The van der Waals surface area contributed by atoms with E-state index < -0.39 is 0 Å². The van der Waals surface area contributed by atoms with Gasteiger partial charge < -0.3 is 14.5 Å². The minimum atomic E-state index is -0.344. The minimum absolute atomic E-state index is 0.0170. The summed E-state index contributed by atoms with van der Waals surface area (Å²) in [6, 6.07) is 7.72. The summed E-state index contributed by atoms with van der Waals surface area (Å²) >= 11 is 0. The molecule has 0 bridgehead atoms. The van der Waals surface area contributed by atoms with Crippen LogP contribution in [-0.4, -0.2) is 48.9 Å². The summed E-state index contributed by atoms with van der Waals surface area (Å²) in [4.78, 5) is 40.8. The number of anilines is 1. The molecule has 140 valence electrons. The predicted octanol–water partition coefficient (Wildman–Crippen LogP) is 2.15. The van der Waals surface area contributed by atoms with Crippen molar-refractivity contribution in [3.05, 3.63) is 29.8 Å². The Bertz CT molecular complexity index is 703. The van der Waals surface area contributed by atoms with Gasteiger partial charge in [-0.05, 0) is 38.3 Å². The Kier molecular flexibility index (Phi) is 5.59. The molecule has 0 aliphatic carbocycles. The Hall–Kier alpha value is -2.37. The number of piperidine rings is 1. The van der Waals surface area contributed by atoms with Gasteiger partial charge in [0, 0.05) is 31.7 Å². The van der Waals surface area contributed by atoms with Gasteiger partial charge in [-0.2, -0.15) is 0 Å². The first kappa shape index (κ1) is 18.4. The molecular weight excluding hydrogens is 332 g/mol. The molecule has 2 fully saturated rings. The molecule has 2 amide bonds. The maximum Gasteiger partial charge on any atom is 0.310 e. The van der Waals surface area contributed by atoms with Crippen molar-refractivity contribution in [1.82, 2.24) is 4.90 Å². The summed E-state index contributed by atoms with van der Waals surface area (Å²) in [6.45, 7) is 5.55. The van der Waals surface area contributed by atoms with Crippen molar-refractivity contribution in [3.63, 3.8) is 0 Å². The fourth-order valence-electron chi connectivity index (χ4n) is 3.86. The van der Waals surface area contributed by atoms with E-state index in [0.717, 1.165) is 24.1 Å². The molecule has 3 rings (SSSR count). The average Bonchev–Trinajstić information content (AvgIpc) is 3.03. The molecule has 0 unspecified atom stereocenters. The molecule has 0 aromatic heterocycles. The van der Waals surface area contributed by atoms with E-state index in [-0.39, 0.29) is 36.0 Å². The summed E-state index contributed by atoms with van der Waals surface area (Å²) in [7, 11) is 0. The molecule has 2 saturated heterocycles. The molecule has 2 aliphatic rings. The van der Waals surface area contributed by atoms with Gasteiger partial charge in [0.1, 0.15) is 0 Å². The quantitative estimate of drug-likeness (QED) is 0.774. The molecule has 2 aliphatic heterocycles. The number of hydrogen-bond acceptors (Lipinski definition) is 4. The predicted molar refractivity (Wildman–Crippen MR) is 97.6 cm³/mol. The summed E-state index contributed by atoms with van der Waals surface area (Å²) in [5.74, 6) is -0.866. The van der Waals surface area contributed by atoms with Gasteiger partial charge in [-0.25, -0.2) is 0 Å². The lowest BCUT2D eigenvalue weighted by molar-refractivity contribution is -0.152. The monoisotopic (exact) mass is 358 g/mol. The van der Waals surface area contributed by atoms with Crippen molar-refractivity contribution in [3.8, 4) is 0 Å². The smallest absolute Gasteiger partial charge is 0.310 e. The van der Waals surface area contributed by atoms with Crippen LogP contribution in [0.1, 0.15) is 31.7 Å². The van der Waals surface area contributed by atoms with Crippen LogP contribution < -0.4 is 4.90 Å². The third-order valence-electron chi connectivity index (χ3n) is 5.23. The zero-order chi connectivity index (χ0) is 18.7. The van der Waals surface area contributed by atoms with E-state index in [1.807, 2.05) is 31.2 Å². The molecule has 0 saturated carbocycles. The number of para-hydroxylation sites is 1. The lowest BCUT2D eigenvalue weighted by atomic mass is 9.96. The highest BCUT2D eigenvalue weighted by molar-refractivity contribution is 6.00. The maximum absolute atomic E-state index is 12.9. The summed E-state index contributed by atoms with van der Waals surface area (Å²) in [5.41, 5.74) is 1.89. The second-order valence-electron chi connectivity index (χ2n) is 7.07. The number of likely N-dealkylation sites (tertiary alicyclic amines) is 1. The number of nitrogens with zero attached hydrogens (tertiary/aromatic N) is 2. The Morgan fingerprint density at radius 3 is 2.69 bits per heavy atom. The number of amides is 2. The molecular formula is C20H26N2O4. The number of benzene rings is 1. The van der Waals surface area contributed by atoms with E-state index in [1.54, 1.807) is 16.7 Å². The van der Waals surface area contributed by atoms with Gasteiger partial charge in [0.05, 0.1) is 18.4 Å². The molecule has 1 aromatic rings. The van der Waals surface area contributed by atoms with Crippen molar-refractivity contribution in [2.75, 3.05) is 31.1 Å². The third-order valence-corrected chi connectivity index (χ3v) is 5.23. The van der Waals surface area contributed by atoms with E-state index in [0.29, 0.717) is 26.2 Å². The van der Waals surface area contributed by atoms with Crippen LogP contribution in [0, 0.1) is 18.8 Å². The van der Waals surface area contributed by atoms with E-state index in [4.69, 9.17) is 4.74 Å². The highest BCUT2D eigenvalue weighted by Crippen LogP contribution is 2.30. The second kappa shape index (κ2) is 7.89. The van der Waals surface area contributed by atoms with Crippen molar-refractivity contribution in [2.45, 2.75) is 33.1 Å². The van der Waals surface area contributed by atoms with E-state index in [9.17, 15) is 14.4 Å². The van der Waals surface area contributed by atoms with Crippen LogP contribution in [0.3, 0.4) is 0 Å². The van der Waals surface area contributed by atoms with E-state index in [2.05, 4.69) is 0 Å². The SMILES string of the molecule is CCOC(=O)[C@H]1CCCN(C(=O)[C@@H]2CC(=O)N(c3ccccc3C)C2)C1. The minimum Gasteiger partial charge on any atom is -0.466 e. The number of carbonyl (C=O) groups is 3. The molecule has 6 nitrogen and oxygen atoms in total. The first-order valence-electron chi connectivity index (χ1n) is 9.32.